The zero-order valence-corrected chi connectivity index (χ0v) is 16.1. The number of hydrogen-bond acceptors (Lipinski definition) is 4. The van der Waals surface area contributed by atoms with E-state index in [0.29, 0.717) is 24.3 Å². The van der Waals surface area contributed by atoms with Crippen LogP contribution in [0.5, 0.6) is 0 Å². The van der Waals surface area contributed by atoms with Crippen LogP contribution in [0.2, 0.25) is 0 Å². The maximum atomic E-state index is 12.4. The Balaban J connectivity index is 1.61. The van der Waals surface area contributed by atoms with Crippen molar-refractivity contribution in [3.05, 3.63) is 93.9 Å². The highest BCUT2D eigenvalue weighted by Gasteiger charge is 2.11. The monoisotopic (exact) mass is 390 g/mol. The Kier molecular flexibility index (Phi) is 6.52. The quantitative estimate of drug-likeness (QED) is 0.649. The second-order valence-corrected chi connectivity index (χ2v) is 6.48. The van der Waals surface area contributed by atoms with Gasteiger partial charge in [0.2, 0.25) is 0 Å². The van der Waals surface area contributed by atoms with Gasteiger partial charge in [0.25, 0.3) is 17.4 Å². The lowest BCUT2D eigenvalue weighted by Crippen LogP contribution is -2.26. The molecule has 0 aliphatic carbocycles. The van der Waals surface area contributed by atoms with Crippen LogP contribution in [0.3, 0.4) is 0 Å². The molecule has 0 fully saturated rings. The van der Waals surface area contributed by atoms with Gasteiger partial charge in [-0.25, -0.2) is 4.68 Å². The molecule has 0 unspecified atom stereocenters. The number of rotatable bonds is 7. The number of amides is 2. The van der Waals surface area contributed by atoms with Crippen molar-refractivity contribution in [2.75, 3.05) is 5.32 Å². The maximum Gasteiger partial charge on any atom is 0.276 e. The first-order valence-electron chi connectivity index (χ1n) is 9.38. The molecule has 1 heterocycles. The highest BCUT2D eigenvalue weighted by atomic mass is 16.2. The Bertz CT molecular complexity index is 1040. The molecule has 0 radical (unpaired) electrons. The minimum atomic E-state index is -0.420. The van der Waals surface area contributed by atoms with Crippen LogP contribution in [0, 0.1) is 0 Å². The van der Waals surface area contributed by atoms with Gasteiger partial charge < -0.3 is 10.6 Å². The number of carbonyl (C=O) groups is 2. The van der Waals surface area contributed by atoms with E-state index in [1.54, 1.807) is 24.3 Å². The fourth-order valence-corrected chi connectivity index (χ4v) is 2.72. The van der Waals surface area contributed by atoms with Crippen molar-refractivity contribution in [2.24, 2.45) is 0 Å². The number of carbonyl (C=O) groups excluding carboxylic acids is 2. The van der Waals surface area contributed by atoms with E-state index in [2.05, 4.69) is 15.7 Å². The number of aromatic nitrogens is 2. The van der Waals surface area contributed by atoms with Gasteiger partial charge in [-0.2, -0.15) is 5.10 Å². The molecule has 29 heavy (non-hydrogen) atoms. The van der Waals surface area contributed by atoms with E-state index in [9.17, 15) is 14.4 Å². The zero-order chi connectivity index (χ0) is 20.6. The lowest BCUT2D eigenvalue weighted by atomic mass is 10.1. The lowest BCUT2D eigenvalue weighted by Gasteiger charge is -2.08. The molecule has 0 spiro atoms. The van der Waals surface area contributed by atoms with E-state index in [0.717, 1.165) is 12.0 Å². The molecule has 0 aliphatic rings. The van der Waals surface area contributed by atoms with E-state index in [4.69, 9.17) is 0 Å². The fraction of sp³-hybridized carbons (Fsp3) is 0.182. The van der Waals surface area contributed by atoms with E-state index < -0.39 is 5.91 Å². The smallest absolute Gasteiger partial charge is 0.276 e. The van der Waals surface area contributed by atoms with Crippen molar-refractivity contribution in [2.45, 2.75) is 26.4 Å². The van der Waals surface area contributed by atoms with Gasteiger partial charge in [-0.05, 0) is 42.3 Å². The summed E-state index contributed by atoms with van der Waals surface area (Å²) in [5.74, 6) is -0.615. The molecule has 7 heteroatoms. The maximum absolute atomic E-state index is 12.4. The van der Waals surface area contributed by atoms with Crippen LogP contribution in [0.1, 0.15) is 39.8 Å². The predicted molar refractivity (Wildman–Crippen MR) is 111 cm³/mol. The van der Waals surface area contributed by atoms with E-state index >= 15 is 0 Å². The van der Waals surface area contributed by atoms with Crippen molar-refractivity contribution >= 4 is 17.5 Å². The first-order valence-corrected chi connectivity index (χ1v) is 9.38. The SMILES string of the molecule is CCCn1nc(C(=O)Nc2ccc(C(=O)NCc3ccccc3)cc2)ccc1=O. The molecular formula is C22H22N4O3. The number of nitrogens with one attached hydrogen (secondary N) is 2. The molecule has 3 rings (SSSR count). The molecule has 0 saturated carbocycles. The minimum Gasteiger partial charge on any atom is -0.348 e. The summed E-state index contributed by atoms with van der Waals surface area (Å²) in [6.45, 7) is 2.82. The predicted octanol–water partition coefficient (Wildman–Crippen LogP) is 2.84. The van der Waals surface area contributed by atoms with Gasteiger partial charge in [0, 0.05) is 30.4 Å². The van der Waals surface area contributed by atoms with Crippen LogP contribution in [0.15, 0.2) is 71.5 Å². The van der Waals surface area contributed by atoms with Gasteiger partial charge in [0.05, 0.1) is 0 Å². The topological polar surface area (TPSA) is 93.1 Å². The molecule has 0 bridgehead atoms. The molecular weight excluding hydrogens is 368 g/mol. The van der Waals surface area contributed by atoms with Crippen molar-refractivity contribution < 1.29 is 9.59 Å². The molecule has 0 aliphatic heterocycles. The second kappa shape index (κ2) is 9.45. The summed E-state index contributed by atoms with van der Waals surface area (Å²) in [6, 6.07) is 19.0. The van der Waals surface area contributed by atoms with Crippen LogP contribution >= 0.6 is 0 Å². The first kappa shape index (κ1) is 20.0. The zero-order valence-electron chi connectivity index (χ0n) is 16.1. The standard InChI is InChI=1S/C22H22N4O3/c1-2-14-26-20(27)13-12-19(25-26)22(29)24-18-10-8-17(9-11-18)21(28)23-15-16-6-4-3-5-7-16/h3-13H,2,14-15H2,1H3,(H,23,28)(H,24,29). The molecule has 0 atom stereocenters. The van der Waals surface area contributed by atoms with E-state index in [1.165, 1.54) is 16.8 Å². The Morgan fingerprint density at radius 1 is 0.931 bits per heavy atom. The average Bonchev–Trinajstić information content (AvgIpc) is 2.75. The van der Waals surface area contributed by atoms with Gasteiger partial charge in [-0.1, -0.05) is 37.3 Å². The Morgan fingerprint density at radius 2 is 1.66 bits per heavy atom. The van der Waals surface area contributed by atoms with Gasteiger partial charge in [-0.15, -0.1) is 0 Å². The summed E-state index contributed by atoms with van der Waals surface area (Å²) < 4.78 is 1.27. The van der Waals surface area contributed by atoms with Crippen molar-refractivity contribution in [1.29, 1.82) is 0 Å². The molecule has 3 aromatic rings. The minimum absolute atomic E-state index is 0.155. The van der Waals surface area contributed by atoms with Crippen molar-refractivity contribution in [3.63, 3.8) is 0 Å². The number of benzene rings is 2. The lowest BCUT2D eigenvalue weighted by molar-refractivity contribution is 0.0950. The van der Waals surface area contributed by atoms with Gasteiger partial charge >= 0.3 is 0 Å². The summed E-state index contributed by atoms with van der Waals surface area (Å²) in [5, 5.41) is 9.66. The number of hydrogen-bond donors (Lipinski definition) is 2. The number of aryl methyl sites for hydroxylation is 1. The number of nitrogens with zero attached hydrogens (tertiary/aromatic N) is 2. The third-order valence-electron chi connectivity index (χ3n) is 4.24. The summed E-state index contributed by atoms with van der Waals surface area (Å²) in [7, 11) is 0. The number of anilines is 1. The molecule has 7 nitrogen and oxygen atoms in total. The third-order valence-corrected chi connectivity index (χ3v) is 4.24. The Labute approximate surface area is 168 Å². The molecule has 148 valence electrons. The Hall–Kier alpha value is -3.74. The summed E-state index contributed by atoms with van der Waals surface area (Å²) in [6.07, 6.45) is 0.742. The van der Waals surface area contributed by atoms with Crippen LogP contribution in [-0.2, 0) is 13.1 Å². The summed E-state index contributed by atoms with van der Waals surface area (Å²) in [5.41, 5.74) is 1.96. The van der Waals surface area contributed by atoms with Gasteiger partial charge in [0.15, 0.2) is 0 Å². The van der Waals surface area contributed by atoms with Crippen LogP contribution < -0.4 is 16.2 Å². The molecule has 2 aromatic carbocycles. The van der Waals surface area contributed by atoms with Crippen LogP contribution in [-0.4, -0.2) is 21.6 Å². The van der Waals surface area contributed by atoms with Crippen LogP contribution in [0.4, 0.5) is 5.69 Å². The molecule has 2 amide bonds. The highest BCUT2D eigenvalue weighted by Crippen LogP contribution is 2.11. The second-order valence-electron chi connectivity index (χ2n) is 6.48. The largest absolute Gasteiger partial charge is 0.348 e. The van der Waals surface area contributed by atoms with Crippen molar-refractivity contribution in [3.8, 4) is 0 Å². The Morgan fingerprint density at radius 3 is 2.34 bits per heavy atom. The first-order chi connectivity index (χ1) is 14.1. The average molecular weight is 390 g/mol. The van der Waals surface area contributed by atoms with Gasteiger partial charge in [0.1, 0.15) is 5.69 Å². The highest BCUT2D eigenvalue weighted by molar-refractivity contribution is 6.03. The molecule has 1 aromatic heterocycles. The van der Waals surface area contributed by atoms with E-state index in [-0.39, 0.29) is 17.2 Å². The summed E-state index contributed by atoms with van der Waals surface area (Å²) >= 11 is 0. The molecule has 2 N–H and O–H groups in total. The van der Waals surface area contributed by atoms with Crippen LogP contribution in [0.25, 0.3) is 0 Å². The fourth-order valence-electron chi connectivity index (χ4n) is 2.72. The molecule has 0 saturated heterocycles. The summed E-state index contributed by atoms with van der Waals surface area (Å²) in [4.78, 5) is 36.4. The normalized spacial score (nSPS) is 10.4. The van der Waals surface area contributed by atoms with Crippen molar-refractivity contribution in [1.82, 2.24) is 15.1 Å². The van der Waals surface area contributed by atoms with Gasteiger partial charge in [-0.3, -0.25) is 14.4 Å². The third kappa shape index (κ3) is 5.38. The van der Waals surface area contributed by atoms with E-state index in [1.807, 2.05) is 37.3 Å².